The van der Waals surface area contributed by atoms with Crippen LogP contribution < -0.4 is 5.32 Å². The summed E-state index contributed by atoms with van der Waals surface area (Å²) in [5, 5.41) is 6.11. The van der Waals surface area contributed by atoms with E-state index in [9.17, 15) is 0 Å². The van der Waals surface area contributed by atoms with Crippen LogP contribution in [0, 0.1) is 0 Å². The highest BCUT2D eigenvalue weighted by molar-refractivity contribution is 6.17. The van der Waals surface area contributed by atoms with Crippen molar-refractivity contribution >= 4 is 22.4 Å². The lowest BCUT2D eigenvalue weighted by molar-refractivity contribution is 0.164. The fourth-order valence-corrected chi connectivity index (χ4v) is 2.54. The van der Waals surface area contributed by atoms with Gasteiger partial charge in [0.15, 0.2) is 0 Å². The largest absolute Gasteiger partial charge is 0.383 e. The van der Waals surface area contributed by atoms with E-state index in [0.29, 0.717) is 18.5 Å². The van der Waals surface area contributed by atoms with E-state index in [-0.39, 0.29) is 0 Å². The van der Waals surface area contributed by atoms with Gasteiger partial charge in [-0.25, -0.2) is 0 Å². The smallest absolute Gasteiger partial charge is 0.0616 e. The van der Waals surface area contributed by atoms with E-state index >= 15 is 0 Å². The standard InChI is InChI=1S/C16H20ClNO/c1-19-12-15(9-10-17)18-11-14-7-4-6-13-5-2-3-8-16(13)14/h2-8,15,18H,9-12H2,1H3. The molecule has 3 heteroatoms. The molecule has 0 aliphatic heterocycles. The van der Waals surface area contributed by atoms with Gasteiger partial charge in [-0.2, -0.15) is 0 Å². The monoisotopic (exact) mass is 277 g/mol. The summed E-state index contributed by atoms with van der Waals surface area (Å²) in [6.45, 7) is 1.53. The highest BCUT2D eigenvalue weighted by Gasteiger charge is 2.08. The van der Waals surface area contributed by atoms with Crippen LogP contribution in [-0.4, -0.2) is 25.6 Å². The normalized spacial score (nSPS) is 12.7. The number of nitrogens with one attached hydrogen (secondary N) is 1. The van der Waals surface area contributed by atoms with E-state index in [1.807, 2.05) is 0 Å². The molecule has 0 saturated heterocycles. The second-order valence-corrected chi connectivity index (χ2v) is 5.03. The molecule has 0 heterocycles. The van der Waals surface area contributed by atoms with Gasteiger partial charge < -0.3 is 10.1 Å². The van der Waals surface area contributed by atoms with Crippen molar-refractivity contribution in [1.82, 2.24) is 5.32 Å². The SMILES string of the molecule is COCC(CCCl)NCc1cccc2ccccc12. The Hall–Kier alpha value is -1.09. The van der Waals surface area contributed by atoms with Crippen LogP contribution in [0.1, 0.15) is 12.0 Å². The molecule has 0 fully saturated rings. The lowest BCUT2D eigenvalue weighted by atomic mass is 10.0. The van der Waals surface area contributed by atoms with Gasteiger partial charge in [0.25, 0.3) is 0 Å². The van der Waals surface area contributed by atoms with Gasteiger partial charge in [0, 0.05) is 25.6 Å². The third-order valence-corrected chi connectivity index (χ3v) is 3.50. The molecule has 0 radical (unpaired) electrons. The average molecular weight is 278 g/mol. The number of benzene rings is 2. The molecule has 2 aromatic rings. The zero-order valence-corrected chi connectivity index (χ0v) is 12.0. The van der Waals surface area contributed by atoms with Crippen LogP contribution in [0.4, 0.5) is 0 Å². The molecular formula is C16H20ClNO. The highest BCUT2D eigenvalue weighted by atomic mass is 35.5. The fraction of sp³-hybridized carbons (Fsp3) is 0.375. The van der Waals surface area contributed by atoms with Crippen molar-refractivity contribution in [3.63, 3.8) is 0 Å². The first-order chi connectivity index (χ1) is 9.35. The van der Waals surface area contributed by atoms with Crippen molar-refractivity contribution in [3.05, 3.63) is 48.0 Å². The van der Waals surface area contributed by atoms with E-state index in [2.05, 4.69) is 47.8 Å². The summed E-state index contributed by atoms with van der Waals surface area (Å²) in [6.07, 6.45) is 0.917. The number of methoxy groups -OCH3 is 1. The highest BCUT2D eigenvalue weighted by Crippen LogP contribution is 2.18. The Balaban J connectivity index is 2.08. The van der Waals surface area contributed by atoms with Crippen molar-refractivity contribution in [3.8, 4) is 0 Å². The molecule has 0 bridgehead atoms. The number of hydrogen-bond donors (Lipinski definition) is 1. The Kier molecular flexibility index (Phi) is 5.64. The Morgan fingerprint density at radius 2 is 1.95 bits per heavy atom. The second-order valence-electron chi connectivity index (χ2n) is 4.65. The number of fused-ring (bicyclic) bond motifs is 1. The number of rotatable bonds is 7. The molecule has 0 amide bonds. The van der Waals surface area contributed by atoms with E-state index in [4.69, 9.17) is 16.3 Å². The van der Waals surface area contributed by atoms with E-state index < -0.39 is 0 Å². The molecular weight excluding hydrogens is 258 g/mol. The van der Waals surface area contributed by atoms with Crippen molar-refractivity contribution in [2.24, 2.45) is 0 Å². The third kappa shape index (κ3) is 3.93. The number of hydrogen-bond acceptors (Lipinski definition) is 2. The fourth-order valence-electron chi connectivity index (χ4n) is 2.28. The van der Waals surface area contributed by atoms with E-state index in [1.54, 1.807) is 7.11 Å². The lowest BCUT2D eigenvalue weighted by Gasteiger charge is -2.17. The van der Waals surface area contributed by atoms with Crippen LogP contribution in [0.3, 0.4) is 0 Å². The van der Waals surface area contributed by atoms with E-state index in [1.165, 1.54) is 16.3 Å². The Labute approximate surface area is 119 Å². The van der Waals surface area contributed by atoms with Gasteiger partial charge in [-0.1, -0.05) is 42.5 Å². The molecule has 0 spiro atoms. The Morgan fingerprint density at radius 1 is 1.16 bits per heavy atom. The maximum atomic E-state index is 5.81. The minimum Gasteiger partial charge on any atom is -0.383 e. The first-order valence-electron chi connectivity index (χ1n) is 6.60. The zero-order valence-electron chi connectivity index (χ0n) is 11.2. The zero-order chi connectivity index (χ0) is 13.5. The molecule has 2 rings (SSSR count). The summed E-state index contributed by atoms with van der Waals surface area (Å²) in [6, 6.07) is 15.2. The molecule has 19 heavy (non-hydrogen) atoms. The molecule has 1 N–H and O–H groups in total. The quantitative estimate of drug-likeness (QED) is 0.781. The first-order valence-corrected chi connectivity index (χ1v) is 7.13. The third-order valence-electron chi connectivity index (χ3n) is 3.29. The minimum atomic E-state index is 0.307. The molecule has 1 unspecified atom stereocenters. The van der Waals surface area contributed by atoms with Crippen molar-refractivity contribution in [2.75, 3.05) is 19.6 Å². The van der Waals surface area contributed by atoms with Gasteiger partial charge in [-0.15, -0.1) is 11.6 Å². The molecule has 0 saturated carbocycles. The maximum Gasteiger partial charge on any atom is 0.0616 e. The molecule has 0 aliphatic carbocycles. The van der Waals surface area contributed by atoms with Gasteiger partial charge >= 0.3 is 0 Å². The summed E-state index contributed by atoms with van der Waals surface area (Å²) in [5.74, 6) is 0.649. The molecule has 102 valence electrons. The summed E-state index contributed by atoms with van der Waals surface area (Å²) >= 11 is 5.81. The molecule has 2 aromatic carbocycles. The van der Waals surface area contributed by atoms with Crippen molar-refractivity contribution in [1.29, 1.82) is 0 Å². The number of alkyl halides is 1. The average Bonchev–Trinajstić information content (AvgIpc) is 2.45. The lowest BCUT2D eigenvalue weighted by Crippen LogP contribution is -2.33. The molecule has 0 aliphatic rings. The predicted molar refractivity (Wildman–Crippen MR) is 81.8 cm³/mol. The van der Waals surface area contributed by atoms with Crippen LogP contribution >= 0.6 is 11.6 Å². The predicted octanol–water partition coefficient (Wildman–Crippen LogP) is 3.57. The number of ether oxygens (including phenoxy) is 1. The van der Waals surface area contributed by atoms with E-state index in [0.717, 1.165) is 13.0 Å². The van der Waals surface area contributed by atoms with Gasteiger partial charge in [0.2, 0.25) is 0 Å². The van der Waals surface area contributed by atoms with Gasteiger partial charge in [-0.05, 0) is 22.8 Å². The van der Waals surface area contributed by atoms with Gasteiger partial charge in [0.1, 0.15) is 0 Å². The van der Waals surface area contributed by atoms with Crippen LogP contribution in [0.25, 0.3) is 10.8 Å². The Bertz CT molecular complexity index is 504. The molecule has 2 nitrogen and oxygen atoms in total. The number of halogens is 1. The second kappa shape index (κ2) is 7.49. The Morgan fingerprint density at radius 3 is 2.74 bits per heavy atom. The maximum absolute atomic E-state index is 5.81. The van der Waals surface area contributed by atoms with Crippen LogP contribution in [0.5, 0.6) is 0 Å². The van der Waals surface area contributed by atoms with Crippen molar-refractivity contribution in [2.45, 2.75) is 19.0 Å². The molecule has 1 atom stereocenters. The van der Waals surface area contributed by atoms with Crippen LogP contribution in [-0.2, 0) is 11.3 Å². The first kappa shape index (κ1) is 14.3. The van der Waals surface area contributed by atoms with Gasteiger partial charge in [0.05, 0.1) is 6.61 Å². The van der Waals surface area contributed by atoms with Crippen molar-refractivity contribution < 1.29 is 4.74 Å². The topological polar surface area (TPSA) is 21.3 Å². The summed E-state index contributed by atoms with van der Waals surface area (Å²) in [4.78, 5) is 0. The summed E-state index contributed by atoms with van der Waals surface area (Å²) in [7, 11) is 1.72. The minimum absolute atomic E-state index is 0.307. The summed E-state index contributed by atoms with van der Waals surface area (Å²) in [5.41, 5.74) is 1.31. The van der Waals surface area contributed by atoms with Gasteiger partial charge in [-0.3, -0.25) is 0 Å². The van der Waals surface area contributed by atoms with Crippen LogP contribution in [0.2, 0.25) is 0 Å². The van der Waals surface area contributed by atoms with Crippen LogP contribution in [0.15, 0.2) is 42.5 Å². The molecule has 0 aromatic heterocycles. The summed E-state index contributed by atoms with van der Waals surface area (Å²) < 4.78 is 5.21.